The number of carboxylic acid groups (broad SMARTS) is 1. The lowest BCUT2D eigenvalue weighted by Gasteiger charge is -2.13. The third kappa shape index (κ3) is 5.92. The van der Waals surface area contributed by atoms with Crippen LogP contribution in [0.4, 0.5) is 8.78 Å². The zero-order valence-electron chi connectivity index (χ0n) is 17.0. The van der Waals surface area contributed by atoms with E-state index in [-0.39, 0.29) is 40.4 Å². The van der Waals surface area contributed by atoms with Crippen molar-refractivity contribution in [2.24, 2.45) is 0 Å². The molecule has 0 saturated carbocycles. The number of likely N-dealkylation sites (N-methyl/N-ethyl adjacent to an activating group) is 1. The number of ether oxygens (including phenoxy) is 1. The first-order valence-electron chi connectivity index (χ1n) is 9.08. The lowest BCUT2D eigenvalue weighted by molar-refractivity contribution is -0.858. The topological polar surface area (TPSA) is 124 Å². The molecule has 3 N–H and O–H groups in total. The van der Waals surface area contributed by atoms with Crippen molar-refractivity contribution < 1.29 is 42.9 Å². The van der Waals surface area contributed by atoms with Gasteiger partial charge >= 0.3 is 0 Å². The van der Waals surface area contributed by atoms with Crippen LogP contribution in [0.5, 0.6) is 17.2 Å². The first-order valence-corrected chi connectivity index (χ1v) is 9.08. The predicted octanol–water partition coefficient (Wildman–Crippen LogP) is 0.429. The number of benzene rings is 2. The normalized spacial score (nSPS) is 10.6. The number of halogens is 2. The first kappa shape index (κ1) is 23.6. The van der Waals surface area contributed by atoms with Crippen molar-refractivity contribution in [2.45, 2.75) is 6.92 Å². The summed E-state index contributed by atoms with van der Waals surface area (Å²) in [6, 6.07) is 5.18. The second kappa shape index (κ2) is 9.90. The van der Waals surface area contributed by atoms with Crippen molar-refractivity contribution in [2.75, 3.05) is 27.2 Å². The standard InChI is InChI=1S/C19H17F2NO5.C2H4O2/c1-22(2)5-6-26-19-17(25)16-14(24)8-11(23)9-15(16)27-18(19)10-3-4-12(20)13(21)7-10;1-2(3)4/h3-4,7-9,23-24H,5-6H2,1-2H3;1H3,(H,3,4). The molecule has 0 amide bonds. The fraction of sp³-hybridized carbons (Fsp3) is 0.238. The molecule has 0 aliphatic carbocycles. The van der Waals surface area contributed by atoms with Gasteiger partial charge in [0.2, 0.25) is 11.2 Å². The van der Waals surface area contributed by atoms with Crippen molar-refractivity contribution in [3.8, 4) is 28.6 Å². The molecule has 10 heteroatoms. The Kier molecular flexibility index (Phi) is 7.54. The number of aliphatic carboxylic acids is 1. The highest BCUT2D eigenvalue weighted by atomic mass is 19.2. The van der Waals surface area contributed by atoms with Crippen LogP contribution in [-0.4, -0.2) is 43.4 Å². The van der Waals surface area contributed by atoms with Crippen molar-refractivity contribution in [3.63, 3.8) is 0 Å². The van der Waals surface area contributed by atoms with Crippen molar-refractivity contribution >= 4 is 16.9 Å². The van der Waals surface area contributed by atoms with Gasteiger partial charge < -0.3 is 34.2 Å². The number of carbonyl (C=O) groups is 1. The molecule has 166 valence electrons. The van der Waals surface area contributed by atoms with Gasteiger partial charge in [-0.25, -0.2) is 8.78 Å². The van der Waals surface area contributed by atoms with E-state index in [1.165, 1.54) is 6.07 Å². The molecule has 8 nitrogen and oxygen atoms in total. The maximum absolute atomic E-state index is 13.7. The highest BCUT2D eigenvalue weighted by Crippen LogP contribution is 2.35. The van der Waals surface area contributed by atoms with Crippen molar-refractivity contribution in [1.29, 1.82) is 0 Å². The Bertz CT molecular complexity index is 1150. The number of phenols is 2. The summed E-state index contributed by atoms with van der Waals surface area (Å²) in [5.74, 6) is -4.38. The first-order chi connectivity index (χ1) is 14.5. The largest absolute Gasteiger partial charge is 0.550 e. The molecule has 3 aromatic rings. The van der Waals surface area contributed by atoms with E-state index in [0.717, 1.165) is 36.1 Å². The number of quaternary nitrogens is 1. The molecule has 2 aromatic carbocycles. The van der Waals surface area contributed by atoms with Gasteiger partial charge in [0.15, 0.2) is 17.4 Å². The van der Waals surface area contributed by atoms with Crippen LogP contribution in [0.3, 0.4) is 0 Å². The molecule has 0 atom stereocenters. The van der Waals surface area contributed by atoms with Crippen LogP contribution >= 0.6 is 0 Å². The molecular weight excluding hydrogens is 416 g/mol. The Morgan fingerprint density at radius 1 is 1.16 bits per heavy atom. The van der Waals surface area contributed by atoms with Crippen LogP contribution in [0.15, 0.2) is 39.5 Å². The minimum Gasteiger partial charge on any atom is -0.550 e. The Labute approximate surface area is 175 Å². The van der Waals surface area contributed by atoms with Crippen LogP contribution < -0.4 is 20.2 Å². The van der Waals surface area contributed by atoms with Gasteiger partial charge in [0.1, 0.15) is 35.6 Å². The maximum atomic E-state index is 13.7. The molecule has 1 aromatic heterocycles. The fourth-order valence-corrected chi connectivity index (χ4v) is 2.58. The van der Waals surface area contributed by atoms with E-state index in [1.807, 2.05) is 14.1 Å². The molecule has 3 rings (SSSR count). The molecule has 0 aliphatic rings. The molecule has 0 radical (unpaired) electrons. The monoisotopic (exact) mass is 437 g/mol. The molecule has 0 spiro atoms. The minimum atomic E-state index is -1.11. The van der Waals surface area contributed by atoms with E-state index in [9.17, 15) is 23.8 Å². The Morgan fingerprint density at radius 2 is 1.81 bits per heavy atom. The third-order valence-electron chi connectivity index (χ3n) is 3.95. The maximum Gasteiger partial charge on any atom is 0.239 e. The van der Waals surface area contributed by atoms with E-state index in [1.54, 1.807) is 0 Å². The number of fused-ring (bicyclic) bond motifs is 1. The molecule has 31 heavy (non-hydrogen) atoms. The number of carbonyl (C=O) groups excluding carboxylic acids is 1. The average Bonchev–Trinajstić information content (AvgIpc) is 2.64. The lowest BCUT2D eigenvalue weighted by Crippen LogP contribution is -3.06. The van der Waals surface area contributed by atoms with E-state index < -0.39 is 28.8 Å². The third-order valence-corrected chi connectivity index (χ3v) is 3.95. The molecular formula is C21H21F2NO7. The van der Waals surface area contributed by atoms with Gasteiger partial charge in [-0.05, 0) is 25.1 Å². The second-order valence-corrected chi connectivity index (χ2v) is 6.85. The molecule has 1 heterocycles. The Morgan fingerprint density at radius 3 is 2.39 bits per heavy atom. The van der Waals surface area contributed by atoms with Gasteiger partial charge in [-0.1, -0.05) is 0 Å². The van der Waals surface area contributed by atoms with Gasteiger partial charge in [0.05, 0.1) is 14.1 Å². The lowest BCUT2D eigenvalue weighted by atomic mass is 10.1. The van der Waals surface area contributed by atoms with Crippen LogP contribution in [0.2, 0.25) is 0 Å². The van der Waals surface area contributed by atoms with E-state index in [0.29, 0.717) is 6.54 Å². The quantitative estimate of drug-likeness (QED) is 0.529. The van der Waals surface area contributed by atoms with Crippen LogP contribution in [0, 0.1) is 11.6 Å². The summed E-state index contributed by atoms with van der Waals surface area (Å²) >= 11 is 0. The summed E-state index contributed by atoms with van der Waals surface area (Å²) in [6.45, 7) is 1.70. The van der Waals surface area contributed by atoms with Gasteiger partial charge in [0.25, 0.3) is 0 Å². The van der Waals surface area contributed by atoms with E-state index >= 15 is 0 Å². The van der Waals surface area contributed by atoms with Gasteiger partial charge in [-0.3, -0.25) is 4.79 Å². The van der Waals surface area contributed by atoms with E-state index in [4.69, 9.17) is 19.1 Å². The van der Waals surface area contributed by atoms with Crippen LogP contribution in [0.1, 0.15) is 6.92 Å². The summed E-state index contributed by atoms with van der Waals surface area (Å²) < 4.78 is 38.2. The number of hydrogen-bond acceptors (Lipinski definition) is 7. The number of nitrogens with one attached hydrogen (secondary N) is 1. The van der Waals surface area contributed by atoms with Crippen molar-refractivity contribution in [1.82, 2.24) is 0 Å². The number of rotatable bonds is 5. The number of carboxylic acids is 1. The number of phenolic OH excluding ortho intramolecular Hbond substituents is 2. The summed E-state index contributed by atoms with van der Waals surface area (Å²) in [5, 5.41) is 28.4. The number of hydrogen-bond donors (Lipinski definition) is 3. The SMILES string of the molecule is CC(=O)[O-].C[NH+](C)CCOc1c(-c2ccc(F)c(F)c2)oc2cc(O)cc(O)c2c1=O. The van der Waals surface area contributed by atoms with Gasteiger partial charge in [-0.15, -0.1) is 0 Å². The predicted molar refractivity (Wildman–Crippen MR) is 105 cm³/mol. The smallest absolute Gasteiger partial charge is 0.239 e. The molecule has 0 bridgehead atoms. The minimum absolute atomic E-state index is 0.0860. The molecule has 0 aliphatic heterocycles. The van der Waals surface area contributed by atoms with Crippen LogP contribution in [0.25, 0.3) is 22.3 Å². The number of aromatic hydroxyl groups is 2. The zero-order chi connectivity index (χ0) is 23.3. The zero-order valence-corrected chi connectivity index (χ0v) is 17.0. The second-order valence-electron chi connectivity index (χ2n) is 6.85. The summed E-state index contributed by atoms with van der Waals surface area (Å²) in [6.07, 6.45) is 0. The highest BCUT2D eigenvalue weighted by Gasteiger charge is 2.21. The summed E-state index contributed by atoms with van der Waals surface area (Å²) in [5.41, 5.74) is -0.701. The molecule has 0 unspecified atom stereocenters. The van der Waals surface area contributed by atoms with Crippen LogP contribution in [-0.2, 0) is 4.79 Å². The average molecular weight is 437 g/mol. The Balaban J connectivity index is 0.000000785. The summed E-state index contributed by atoms with van der Waals surface area (Å²) in [4.78, 5) is 22.8. The van der Waals surface area contributed by atoms with Crippen molar-refractivity contribution in [3.05, 3.63) is 52.2 Å². The van der Waals surface area contributed by atoms with E-state index in [2.05, 4.69) is 0 Å². The molecule has 0 fully saturated rings. The van der Waals surface area contributed by atoms with Gasteiger partial charge in [-0.2, -0.15) is 0 Å². The Hall–Kier alpha value is -3.66. The highest BCUT2D eigenvalue weighted by molar-refractivity contribution is 5.88. The van der Waals surface area contributed by atoms with Gasteiger partial charge in [0, 0.05) is 23.7 Å². The summed E-state index contributed by atoms with van der Waals surface area (Å²) in [7, 11) is 3.80. The fourth-order valence-electron chi connectivity index (χ4n) is 2.58. The molecule has 0 saturated heterocycles.